The van der Waals surface area contributed by atoms with Gasteiger partial charge in [0.1, 0.15) is 0 Å². The largest absolute Gasteiger partial charge is 0.481 e. The Hall–Kier alpha value is -0.790. The van der Waals surface area contributed by atoms with Gasteiger partial charge in [-0.25, -0.2) is 0 Å². The van der Waals surface area contributed by atoms with Crippen LogP contribution in [0.5, 0.6) is 0 Å². The van der Waals surface area contributed by atoms with E-state index in [1.807, 2.05) is 6.08 Å². The molecule has 0 aromatic carbocycles. The first-order chi connectivity index (χ1) is 8.19. The number of rotatable bonds is 7. The zero-order chi connectivity index (χ0) is 12.7. The monoisotopic (exact) mass is 238 g/mol. The number of aliphatic carboxylic acids is 1. The molecule has 2 heteroatoms. The average Bonchev–Trinajstić information content (AvgIpc) is 2.30. The van der Waals surface area contributed by atoms with Crippen LogP contribution in [0.1, 0.15) is 58.3 Å². The van der Waals surface area contributed by atoms with Gasteiger partial charge in [-0.15, -0.1) is 6.58 Å². The molecule has 0 aromatic heterocycles. The fourth-order valence-corrected chi connectivity index (χ4v) is 3.20. The summed E-state index contributed by atoms with van der Waals surface area (Å²) >= 11 is 0. The number of carboxylic acids is 1. The fraction of sp³-hybridized carbons (Fsp3) is 0.800. The zero-order valence-corrected chi connectivity index (χ0v) is 11.0. The van der Waals surface area contributed by atoms with Crippen LogP contribution in [0, 0.1) is 17.8 Å². The van der Waals surface area contributed by atoms with Crippen molar-refractivity contribution in [2.75, 3.05) is 0 Å². The predicted molar refractivity (Wildman–Crippen MR) is 70.9 cm³/mol. The summed E-state index contributed by atoms with van der Waals surface area (Å²) in [6.07, 6.45) is 10.7. The molecular weight excluding hydrogens is 212 g/mol. The molecule has 0 bridgehead atoms. The molecule has 1 N–H and O–H groups in total. The van der Waals surface area contributed by atoms with Crippen LogP contribution in [0.25, 0.3) is 0 Å². The van der Waals surface area contributed by atoms with Crippen molar-refractivity contribution in [3.05, 3.63) is 12.7 Å². The highest BCUT2D eigenvalue weighted by atomic mass is 16.4. The summed E-state index contributed by atoms with van der Waals surface area (Å²) in [6, 6.07) is 0. The van der Waals surface area contributed by atoms with Gasteiger partial charge in [-0.3, -0.25) is 4.79 Å². The molecule has 17 heavy (non-hydrogen) atoms. The first-order valence-corrected chi connectivity index (χ1v) is 7.02. The third-order valence-corrected chi connectivity index (χ3v) is 4.09. The van der Waals surface area contributed by atoms with Gasteiger partial charge in [0.25, 0.3) is 0 Å². The van der Waals surface area contributed by atoms with E-state index in [0.29, 0.717) is 5.92 Å². The summed E-state index contributed by atoms with van der Waals surface area (Å²) in [5.74, 6) is 0.499. The number of carboxylic acid groups (broad SMARTS) is 1. The quantitative estimate of drug-likeness (QED) is 0.531. The maximum atomic E-state index is 11.2. The van der Waals surface area contributed by atoms with Gasteiger partial charge >= 0.3 is 5.97 Å². The van der Waals surface area contributed by atoms with Crippen molar-refractivity contribution in [1.82, 2.24) is 0 Å². The van der Waals surface area contributed by atoms with Crippen molar-refractivity contribution in [3.63, 3.8) is 0 Å². The van der Waals surface area contributed by atoms with E-state index in [1.54, 1.807) is 0 Å². The summed E-state index contributed by atoms with van der Waals surface area (Å²) in [6.45, 7) is 5.94. The molecule has 0 aliphatic heterocycles. The highest BCUT2D eigenvalue weighted by Crippen LogP contribution is 2.38. The third kappa shape index (κ3) is 4.53. The van der Waals surface area contributed by atoms with E-state index >= 15 is 0 Å². The van der Waals surface area contributed by atoms with Gasteiger partial charge in [0.15, 0.2) is 0 Å². The Bertz CT molecular complexity index is 247. The van der Waals surface area contributed by atoms with E-state index in [9.17, 15) is 9.90 Å². The molecule has 1 fully saturated rings. The molecule has 3 unspecified atom stereocenters. The molecule has 0 aromatic rings. The number of hydrogen-bond acceptors (Lipinski definition) is 1. The van der Waals surface area contributed by atoms with Gasteiger partial charge in [-0.1, -0.05) is 25.8 Å². The van der Waals surface area contributed by atoms with Crippen LogP contribution in [0.2, 0.25) is 0 Å². The molecule has 0 amide bonds. The second-order valence-corrected chi connectivity index (χ2v) is 5.39. The lowest BCUT2D eigenvalue weighted by Crippen LogP contribution is -2.30. The van der Waals surface area contributed by atoms with E-state index in [1.165, 1.54) is 12.8 Å². The van der Waals surface area contributed by atoms with E-state index in [-0.39, 0.29) is 5.92 Å². The minimum absolute atomic E-state index is 0.0899. The molecule has 0 heterocycles. The lowest BCUT2D eigenvalue weighted by molar-refractivity contribution is -0.145. The number of unbranched alkanes of at least 4 members (excludes halogenated alkanes) is 1. The van der Waals surface area contributed by atoms with Crippen LogP contribution in [-0.4, -0.2) is 11.1 Å². The second kappa shape index (κ2) is 7.52. The number of allylic oxidation sites excluding steroid dienone is 1. The highest BCUT2D eigenvalue weighted by Gasteiger charge is 2.33. The van der Waals surface area contributed by atoms with Gasteiger partial charge < -0.3 is 5.11 Å². The topological polar surface area (TPSA) is 37.3 Å². The Morgan fingerprint density at radius 3 is 2.76 bits per heavy atom. The van der Waals surface area contributed by atoms with E-state index in [4.69, 9.17) is 0 Å². The van der Waals surface area contributed by atoms with Gasteiger partial charge in [0.2, 0.25) is 0 Å². The zero-order valence-electron chi connectivity index (χ0n) is 11.0. The first-order valence-electron chi connectivity index (χ1n) is 7.02. The minimum Gasteiger partial charge on any atom is -0.481 e. The van der Waals surface area contributed by atoms with Crippen LogP contribution < -0.4 is 0 Å². The highest BCUT2D eigenvalue weighted by molar-refractivity contribution is 5.70. The Balaban J connectivity index is 2.49. The fourth-order valence-electron chi connectivity index (χ4n) is 3.20. The molecule has 1 aliphatic carbocycles. The lowest BCUT2D eigenvalue weighted by Gasteiger charge is -2.34. The SMILES string of the molecule is C=CCCCC1CC(CCC)CCC1C(=O)O. The maximum Gasteiger partial charge on any atom is 0.306 e. The van der Waals surface area contributed by atoms with E-state index < -0.39 is 5.97 Å². The summed E-state index contributed by atoms with van der Waals surface area (Å²) in [7, 11) is 0. The Kier molecular flexibility index (Phi) is 6.31. The van der Waals surface area contributed by atoms with Crippen molar-refractivity contribution in [2.45, 2.75) is 58.3 Å². The molecule has 1 aliphatic rings. The van der Waals surface area contributed by atoms with Crippen molar-refractivity contribution in [1.29, 1.82) is 0 Å². The standard InChI is InChI=1S/C15H26O2/c1-3-5-6-8-13-11-12(7-4-2)9-10-14(13)15(16)17/h3,12-14H,1,4-11H2,2H3,(H,16,17). The number of carbonyl (C=O) groups is 1. The molecular formula is C15H26O2. The summed E-state index contributed by atoms with van der Waals surface area (Å²) in [5, 5.41) is 9.26. The molecule has 1 saturated carbocycles. The second-order valence-electron chi connectivity index (χ2n) is 5.39. The van der Waals surface area contributed by atoms with Gasteiger partial charge in [-0.05, 0) is 50.4 Å². The van der Waals surface area contributed by atoms with Crippen LogP contribution in [0.3, 0.4) is 0 Å². The minimum atomic E-state index is -0.580. The van der Waals surface area contributed by atoms with Crippen molar-refractivity contribution in [3.8, 4) is 0 Å². The molecule has 0 spiro atoms. The molecule has 1 rings (SSSR count). The first kappa shape index (κ1) is 14.3. The van der Waals surface area contributed by atoms with Crippen molar-refractivity contribution < 1.29 is 9.90 Å². The molecule has 3 atom stereocenters. The normalized spacial score (nSPS) is 28.9. The molecule has 0 radical (unpaired) electrons. The molecule has 2 nitrogen and oxygen atoms in total. The average molecular weight is 238 g/mol. The summed E-state index contributed by atoms with van der Waals surface area (Å²) in [4.78, 5) is 11.2. The Morgan fingerprint density at radius 1 is 1.41 bits per heavy atom. The Morgan fingerprint density at radius 2 is 2.18 bits per heavy atom. The number of hydrogen-bond donors (Lipinski definition) is 1. The van der Waals surface area contributed by atoms with Crippen molar-refractivity contribution >= 4 is 5.97 Å². The van der Waals surface area contributed by atoms with E-state index in [2.05, 4.69) is 13.5 Å². The Labute approximate surface area is 105 Å². The van der Waals surface area contributed by atoms with Gasteiger partial charge in [-0.2, -0.15) is 0 Å². The summed E-state index contributed by atoms with van der Waals surface area (Å²) < 4.78 is 0. The van der Waals surface area contributed by atoms with Crippen molar-refractivity contribution in [2.24, 2.45) is 17.8 Å². The third-order valence-electron chi connectivity index (χ3n) is 4.09. The van der Waals surface area contributed by atoms with E-state index in [0.717, 1.165) is 44.4 Å². The van der Waals surface area contributed by atoms with Gasteiger partial charge in [0, 0.05) is 0 Å². The molecule has 98 valence electrons. The smallest absolute Gasteiger partial charge is 0.306 e. The molecule has 0 saturated heterocycles. The predicted octanol–water partition coefficient (Wildman–Crippen LogP) is 4.26. The summed E-state index contributed by atoms with van der Waals surface area (Å²) in [5.41, 5.74) is 0. The van der Waals surface area contributed by atoms with Crippen LogP contribution in [0.15, 0.2) is 12.7 Å². The van der Waals surface area contributed by atoms with Crippen LogP contribution >= 0.6 is 0 Å². The van der Waals surface area contributed by atoms with Gasteiger partial charge in [0.05, 0.1) is 5.92 Å². The lowest BCUT2D eigenvalue weighted by atomic mass is 9.71. The maximum absolute atomic E-state index is 11.2. The van der Waals surface area contributed by atoms with Crippen LogP contribution in [-0.2, 0) is 4.79 Å². The van der Waals surface area contributed by atoms with Crippen LogP contribution in [0.4, 0.5) is 0 Å².